The molecule has 4 heteroatoms. The van der Waals surface area contributed by atoms with Gasteiger partial charge in [0.15, 0.2) is 0 Å². The standard InChI is InChI=1S/C10H16.3ClH.Ti/c1-6-7(2)9(4)10(5)8(6)3;;;;/h6H,1-5H3;3*1H;. The van der Waals surface area contributed by atoms with Gasteiger partial charge in [0.1, 0.15) is 0 Å². The molecule has 0 bridgehead atoms. The van der Waals surface area contributed by atoms with Crippen molar-refractivity contribution < 1.29 is 21.7 Å². The first-order chi connectivity index (χ1) is 4.55. The Balaban J connectivity index is -0.000000125. The molecule has 0 heterocycles. The summed E-state index contributed by atoms with van der Waals surface area (Å²) < 4.78 is 0. The van der Waals surface area contributed by atoms with Crippen molar-refractivity contribution in [2.45, 2.75) is 34.6 Å². The Morgan fingerprint density at radius 1 is 0.714 bits per heavy atom. The molecule has 0 spiro atoms. The van der Waals surface area contributed by atoms with Crippen LogP contribution in [0.4, 0.5) is 0 Å². The van der Waals surface area contributed by atoms with E-state index in [4.69, 9.17) is 0 Å². The van der Waals surface area contributed by atoms with Gasteiger partial charge in [0.2, 0.25) is 0 Å². The van der Waals surface area contributed by atoms with Crippen molar-refractivity contribution in [2.24, 2.45) is 5.92 Å². The Hall–Kier alpha value is 1.06. The second kappa shape index (κ2) is 9.30. The van der Waals surface area contributed by atoms with Gasteiger partial charge in [0.25, 0.3) is 0 Å². The van der Waals surface area contributed by atoms with E-state index in [0.29, 0.717) is 5.92 Å². The third kappa shape index (κ3) is 4.29. The van der Waals surface area contributed by atoms with Gasteiger partial charge in [-0.25, -0.2) is 0 Å². The summed E-state index contributed by atoms with van der Waals surface area (Å²) >= 11 is 0. The third-order valence-corrected chi connectivity index (χ3v) is 3.04. The first-order valence-electron chi connectivity index (χ1n) is 3.90. The monoisotopic (exact) mass is 292 g/mol. The quantitative estimate of drug-likeness (QED) is 0.574. The van der Waals surface area contributed by atoms with Gasteiger partial charge in [-0.3, -0.25) is 0 Å². The number of hydrogen-bond acceptors (Lipinski definition) is 0. The molecule has 84 valence electrons. The molecule has 0 unspecified atom stereocenters. The van der Waals surface area contributed by atoms with E-state index in [9.17, 15) is 0 Å². The molecule has 0 radical (unpaired) electrons. The Morgan fingerprint density at radius 2 is 0.929 bits per heavy atom. The fourth-order valence-corrected chi connectivity index (χ4v) is 1.57. The van der Waals surface area contributed by atoms with Crippen molar-refractivity contribution in [3.8, 4) is 0 Å². The average Bonchev–Trinajstić information content (AvgIpc) is 2.07. The van der Waals surface area contributed by atoms with Gasteiger partial charge in [-0.05, 0) is 44.8 Å². The predicted molar refractivity (Wildman–Crippen MR) is 67.7 cm³/mol. The molecule has 14 heavy (non-hydrogen) atoms. The van der Waals surface area contributed by atoms with Crippen molar-refractivity contribution in [3.05, 3.63) is 22.3 Å². The molecule has 1 aliphatic carbocycles. The molecule has 0 saturated carbocycles. The zero-order valence-corrected chi connectivity index (χ0v) is 13.3. The molecular formula is C10H19Cl3Ti. The largest absolute Gasteiger partial charge is 0.147 e. The Labute approximate surface area is 121 Å². The van der Waals surface area contributed by atoms with Crippen molar-refractivity contribution in [1.29, 1.82) is 0 Å². The van der Waals surface area contributed by atoms with Gasteiger partial charge < -0.3 is 0 Å². The molecule has 0 aliphatic heterocycles. The predicted octanol–water partition coefficient (Wildman–Crippen LogP) is 4.57. The Bertz CT molecular complexity index is 208. The van der Waals surface area contributed by atoms with Crippen LogP contribution in [0, 0.1) is 5.92 Å². The molecule has 0 N–H and O–H groups in total. The van der Waals surface area contributed by atoms with E-state index in [1.54, 1.807) is 11.1 Å². The molecule has 0 atom stereocenters. The zero-order valence-electron chi connectivity index (χ0n) is 9.30. The van der Waals surface area contributed by atoms with Crippen LogP contribution in [-0.4, -0.2) is 0 Å². The summed E-state index contributed by atoms with van der Waals surface area (Å²) in [7, 11) is 0. The summed E-state index contributed by atoms with van der Waals surface area (Å²) in [6.45, 7) is 11.2. The topological polar surface area (TPSA) is 0 Å². The van der Waals surface area contributed by atoms with Gasteiger partial charge >= 0.3 is 0 Å². The van der Waals surface area contributed by atoms with Gasteiger partial charge in [-0.1, -0.05) is 18.1 Å². The Morgan fingerprint density at radius 3 is 1.00 bits per heavy atom. The molecule has 0 nitrogen and oxygen atoms in total. The fourth-order valence-electron chi connectivity index (χ4n) is 1.57. The van der Waals surface area contributed by atoms with Crippen molar-refractivity contribution in [3.63, 3.8) is 0 Å². The van der Waals surface area contributed by atoms with Crippen LogP contribution in [0.3, 0.4) is 0 Å². The second-order valence-electron chi connectivity index (χ2n) is 3.34. The van der Waals surface area contributed by atoms with Crippen LogP contribution in [-0.2, 0) is 21.7 Å². The summed E-state index contributed by atoms with van der Waals surface area (Å²) in [5.74, 6) is 0.694. The van der Waals surface area contributed by atoms with E-state index in [1.807, 2.05) is 0 Å². The SMILES string of the molecule is CC1=C(C)C(C)C(C)=C1C.Cl.Cl.Cl.[Ti]. The summed E-state index contributed by atoms with van der Waals surface area (Å²) in [5.41, 5.74) is 6.11. The molecule has 0 aromatic rings. The van der Waals surface area contributed by atoms with E-state index in [-0.39, 0.29) is 58.9 Å². The van der Waals surface area contributed by atoms with Crippen LogP contribution in [0.1, 0.15) is 34.6 Å². The van der Waals surface area contributed by atoms with E-state index in [0.717, 1.165) is 0 Å². The molecule has 0 amide bonds. The summed E-state index contributed by atoms with van der Waals surface area (Å²) in [5, 5.41) is 0. The third-order valence-electron chi connectivity index (χ3n) is 3.04. The van der Waals surface area contributed by atoms with Crippen molar-refractivity contribution >= 4 is 37.2 Å². The van der Waals surface area contributed by atoms with Gasteiger partial charge in [0, 0.05) is 21.7 Å². The van der Waals surface area contributed by atoms with E-state index in [1.165, 1.54) is 11.1 Å². The minimum Gasteiger partial charge on any atom is -0.147 e. The minimum atomic E-state index is 0. The summed E-state index contributed by atoms with van der Waals surface area (Å²) in [4.78, 5) is 0. The van der Waals surface area contributed by atoms with Crippen LogP contribution in [0.5, 0.6) is 0 Å². The van der Waals surface area contributed by atoms with Crippen molar-refractivity contribution in [1.82, 2.24) is 0 Å². The van der Waals surface area contributed by atoms with Crippen LogP contribution >= 0.6 is 37.2 Å². The first-order valence-corrected chi connectivity index (χ1v) is 3.90. The van der Waals surface area contributed by atoms with Crippen LogP contribution in [0.25, 0.3) is 0 Å². The van der Waals surface area contributed by atoms with E-state index < -0.39 is 0 Å². The molecule has 0 aromatic carbocycles. The zero-order chi connectivity index (χ0) is 7.89. The average molecular weight is 293 g/mol. The smallest absolute Gasteiger partial charge is 0 e. The van der Waals surface area contributed by atoms with Gasteiger partial charge in [0.05, 0.1) is 0 Å². The van der Waals surface area contributed by atoms with Crippen molar-refractivity contribution in [2.75, 3.05) is 0 Å². The first kappa shape index (κ1) is 24.3. The molecule has 0 fully saturated rings. The second-order valence-corrected chi connectivity index (χ2v) is 3.34. The van der Waals surface area contributed by atoms with Gasteiger partial charge in [-0.2, -0.15) is 0 Å². The maximum Gasteiger partial charge on any atom is 0 e. The minimum absolute atomic E-state index is 0. The number of allylic oxidation sites excluding steroid dienone is 4. The maximum atomic E-state index is 2.28. The number of rotatable bonds is 0. The van der Waals surface area contributed by atoms with Crippen LogP contribution in [0.15, 0.2) is 22.3 Å². The molecule has 0 aromatic heterocycles. The molecular weight excluding hydrogens is 274 g/mol. The number of halogens is 3. The maximum absolute atomic E-state index is 2.28. The van der Waals surface area contributed by atoms with Crippen LogP contribution < -0.4 is 0 Å². The van der Waals surface area contributed by atoms with Crippen LogP contribution in [0.2, 0.25) is 0 Å². The van der Waals surface area contributed by atoms with Gasteiger partial charge in [-0.15, -0.1) is 37.2 Å². The normalized spacial score (nSPS) is 15.2. The Kier molecular flexibility index (Phi) is 16.2. The molecule has 0 saturated heterocycles. The van der Waals surface area contributed by atoms with E-state index >= 15 is 0 Å². The summed E-state index contributed by atoms with van der Waals surface area (Å²) in [6, 6.07) is 0. The fraction of sp³-hybridized carbons (Fsp3) is 0.600. The van der Waals surface area contributed by atoms with E-state index in [2.05, 4.69) is 34.6 Å². The summed E-state index contributed by atoms with van der Waals surface area (Å²) in [6.07, 6.45) is 0. The molecule has 1 rings (SSSR count). The number of hydrogen-bond donors (Lipinski definition) is 0. The molecule has 1 aliphatic rings.